The van der Waals surface area contributed by atoms with Gasteiger partial charge in [0.1, 0.15) is 11.6 Å². The number of nitrogens with one attached hydrogen (secondary N) is 1. The molecule has 1 saturated heterocycles. The van der Waals surface area contributed by atoms with Crippen molar-refractivity contribution in [1.82, 2.24) is 14.9 Å². The average Bonchev–Trinajstić information content (AvgIpc) is 3.02. The summed E-state index contributed by atoms with van der Waals surface area (Å²) in [4.78, 5) is 28.5. The zero-order chi connectivity index (χ0) is 34.6. The highest BCUT2D eigenvalue weighted by Crippen LogP contribution is 2.34. The minimum atomic E-state index is -4.60. The molecule has 0 unspecified atom stereocenters. The summed E-state index contributed by atoms with van der Waals surface area (Å²) in [5.41, 5.74) is 3.16. The van der Waals surface area contributed by atoms with Crippen LogP contribution in [-0.2, 0) is 12.7 Å². The molecule has 48 heavy (non-hydrogen) atoms. The maximum atomic E-state index is 13.8. The third kappa shape index (κ3) is 8.50. The van der Waals surface area contributed by atoms with Gasteiger partial charge < -0.3 is 15.0 Å². The molecule has 8 nitrogen and oxygen atoms in total. The molecule has 1 fully saturated rings. The fourth-order valence-electron chi connectivity index (χ4n) is 5.81. The van der Waals surface area contributed by atoms with Crippen molar-refractivity contribution in [2.45, 2.75) is 46.8 Å². The minimum absolute atomic E-state index is 0.0532. The van der Waals surface area contributed by atoms with Gasteiger partial charge in [-0.2, -0.15) is 18.2 Å². The van der Waals surface area contributed by atoms with Gasteiger partial charge in [-0.05, 0) is 92.9 Å². The number of halogens is 5. The van der Waals surface area contributed by atoms with E-state index in [4.69, 9.17) is 27.9 Å². The molecular weight excluding hydrogens is 664 g/mol. The fraction of sp³-hybridized carbons (Fsp3) is 0.343. The number of amides is 1. The van der Waals surface area contributed by atoms with Crippen molar-refractivity contribution in [3.8, 4) is 5.75 Å². The van der Waals surface area contributed by atoms with Crippen molar-refractivity contribution in [2.24, 2.45) is 0 Å². The lowest BCUT2D eigenvalue weighted by Crippen LogP contribution is -2.46. The topological polar surface area (TPSA) is 73.8 Å². The SMILES string of the molecule is CCCN1CCN(c2ccc(Nc3nccc(N(Cc4cc(C(F)(F)F)ccc4Cl)C(=O)Oc4c(C)cc(C)cc4C)n3)cc2Cl)CC1. The molecule has 13 heteroatoms. The number of aromatic nitrogens is 2. The molecule has 1 N–H and O–H groups in total. The summed E-state index contributed by atoms with van der Waals surface area (Å²) in [7, 11) is 0. The van der Waals surface area contributed by atoms with Gasteiger partial charge in [0.05, 0.1) is 22.8 Å². The highest BCUT2D eigenvalue weighted by atomic mass is 35.5. The maximum absolute atomic E-state index is 13.8. The smallest absolute Gasteiger partial charge is 0.409 e. The number of alkyl halides is 3. The largest absolute Gasteiger partial charge is 0.421 e. The van der Waals surface area contributed by atoms with Crippen molar-refractivity contribution in [2.75, 3.05) is 47.8 Å². The number of ether oxygens (including phenoxy) is 1. The molecule has 0 aliphatic carbocycles. The first-order valence-corrected chi connectivity index (χ1v) is 16.4. The van der Waals surface area contributed by atoms with Crippen LogP contribution >= 0.6 is 23.2 Å². The standard InChI is InChI=1S/C35H37Cl2F3N6O2/c1-5-12-44-13-15-45(16-14-44)30-9-7-27(20-29(30)37)42-33-41-11-10-31(43-33)46(21-25-19-26(35(38,39)40)6-8-28(25)36)34(47)48-32-23(3)17-22(2)18-24(32)4/h6-11,17-20H,5,12-16,21H2,1-4H3,(H,41,42,43). The van der Waals surface area contributed by atoms with Gasteiger partial charge in [0.2, 0.25) is 5.95 Å². The number of carbonyl (C=O) groups excluding carboxylic acids is 1. The number of aryl methyl sites for hydroxylation is 3. The second kappa shape index (κ2) is 15.0. The zero-order valence-electron chi connectivity index (χ0n) is 27.2. The summed E-state index contributed by atoms with van der Waals surface area (Å²) in [6.45, 7) is 12.2. The number of piperazine rings is 1. The molecule has 0 atom stereocenters. The lowest BCUT2D eigenvalue weighted by atomic mass is 10.1. The Bertz CT molecular complexity index is 1760. The summed E-state index contributed by atoms with van der Waals surface area (Å²) in [6.07, 6.45) is -2.90. The van der Waals surface area contributed by atoms with E-state index in [1.807, 2.05) is 45.0 Å². The molecule has 0 bridgehead atoms. The molecule has 4 aromatic rings. The highest BCUT2D eigenvalue weighted by Gasteiger charge is 2.32. The number of nitrogens with zero attached hydrogens (tertiary/aromatic N) is 5. The van der Waals surface area contributed by atoms with Crippen LogP contribution in [0.5, 0.6) is 5.75 Å². The molecule has 1 aliphatic heterocycles. The van der Waals surface area contributed by atoms with Gasteiger partial charge in [-0.15, -0.1) is 0 Å². The van der Waals surface area contributed by atoms with E-state index in [0.29, 0.717) is 16.5 Å². The summed E-state index contributed by atoms with van der Waals surface area (Å²) in [5, 5.41) is 3.74. The third-order valence-corrected chi connectivity index (χ3v) is 8.76. The summed E-state index contributed by atoms with van der Waals surface area (Å²) in [6, 6.07) is 13.8. The van der Waals surface area contributed by atoms with Crippen LogP contribution < -0.4 is 19.9 Å². The monoisotopic (exact) mass is 700 g/mol. The Balaban J connectivity index is 1.42. The zero-order valence-corrected chi connectivity index (χ0v) is 28.7. The van der Waals surface area contributed by atoms with E-state index < -0.39 is 17.8 Å². The maximum Gasteiger partial charge on any atom is 0.421 e. The lowest BCUT2D eigenvalue weighted by molar-refractivity contribution is -0.137. The number of benzene rings is 3. The van der Waals surface area contributed by atoms with Gasteiger partial charge >= 0.3 is 12.3 Å². The Morgan fingerprint density at radius 1 is 0.958 bits per heavy atom. The lowest BCUT2D eigenvalue weighted by Gasteiger charge is -2.36. The molecule has 0 radical (unpaired) electrons. The first-order valence-electron chi connectivity index (χ1n) is 15.6. The van der Waals surface area contributed by atoms with Gasteiger partial charge in [-0.25, -0.2) is 9.78 Å². The van der Waals surface area contributed by atoms with Crippen LogP contribution in [0.4, 0.5) is 41.1 Å². The second-order valence-electron chi connectivity index (χ2n) is 11.8. The van der Waals surface area contributed by atoms with Gasteiger partial charge in [-0.1, -0.05) is 47.8 Å². The van der Waals surface area contributed by atoms with E-state index >= 15 is 0 Å². The van der Waals surface area contributed by atoms with Crippen LogP contribution in [0.2, 0.25) is 10.0 Å². The Kier molecular flexibility index (Phi) is 11.0. The molecule has 254 valence electrons. The quantitative estimate of drug-likeness (QED) is 0.187. The van der Waals surface area contributed by atoms with Crippen molar-refractivity contribution in [3.63, 3.8) is 0 Å². The molecule has 0 saturated carbocycles. The Labute approximate surface area is 288 Å². The number of rotatable bonds is 9. The molecule has 1 aromatic heterocycles. The predicted octanol–water partition coefficient (Wildman–Crippen LogP) is 9.21. The predicted molar refractivity (Wildman–Crippen MR) is 185 cm³/mol. The number of carbonyl (C=O) groups is 1. The summed E-state index contributed by atoms with van der Waals surface area (Å²) >= 11 is 13.1. The van der Waals surface area contributed by atoms with Crippen LogP contribution in [0.25, 0.3) is 0 Å². The Hall–Kier alpha value is -4.06. The van der Waals surface area contributed by atoms with Crippen LogP contribution in [0.3, 0.4) is 0 Å². The first kappa shape index (κ1) is 35.3. The summed E-state index contributed by atoms with van der Waals surface area (Å²) in [5.74, 6) is 0.570. The van der Waals surface area contributed by atoms with Crippen LogP contribution in [0.1, 0.15) is 41.2 Å². The van der Waals surface area contributed by atoms with Crippen LogP contribution in [-0.4, -0.2) is 53.7 Å². The number of hydrogen-bond donors (Lipinski definition) is 1. The van der Waals surface area contributed by atoms with E-state index in [1.54, 1.807) is 6.07 Å². The third-order valence-electron chi connectivity index (χ3n) is 8.09. The van der Waals surface area contributed by atoms with Gasteiger partial charge in [-0.3, -0.25) is 9.80 Å². The highest BCUT2D eigenvalue weighted by molar-refractivity contribution is 6.33. The molecular formula is C35H37Cl2F3N6O2. The van der Waals surface area contributed by atoms with Crippen molar-refractivity contribution in [1.29, 1.82) is 0 Å². The summed E-state index contributed by atoms with van der Waals surface area (Å²) < 4.78 is 46.6. The molecule has 0 spiro atoms. The van der Waals surface area contributed by atoms with Gasteiger partial charge in [0, 0.05) is 43.1 Å². The molecule has 3 aromatic carbocycles. The minimum Gasteiger partial charge on any atom is -0.409 e. The Morgan fingerprint density at radius 3 is 2.31 bits per heavy atom. The van der Waals surface area contributed by atoms with Gasteiger partial charge in [0.15, 0.2) is 0 Å². The molecule has 1 amide bonds. The fourth-order valence-corrected chi connectivity index (χ4v) is 6.29. The van der Waals surface area contributed by atoms with E-state index in [2.05, 4.69) is 32.0 Å². The number of anilines is 4. The van der Waals surface area contributed by atoms with Crippen LogP contribution in [0, 0.1) is 20.8 Å². The first-order chi connectivity index (χ1) is 22.8. The Morgan fingerprint density at radius 2 is 1.67 bits per heavy atom. The van der Waals surface area contributed by atoms with E-state index in [1.165, 1.54) is 12.3 Å². The van der Waals surface area contributed by atoms with E-state index in [9.17, 15) is 18.0 Å². The normalized spacial score (nSPS) is 13.8. The van der Waals surface area contributed by atoms with Crippen molar-refractivity contribution < 1.29 is 22.7 Å². The van der Waals surface area contributed by atoms with E-state index in [0.717, 1.165) is 84.6 Å². The van der Waals surface area contributed by atoms with Gasteiger partial charge in [0.25, 0.3) is 0 Å². The average molecular weight is 702 g/mol. The van der Waals surface area contributed by atoms with Crippen molar-refractivity contribution >= 4 is 52.4 Å². The van der Waals surface area contributed by atoms with E-state index in [-0.39, 0.29) is 28.9 Å². The number of hydrogen-bond acceptors (Lipinski definition) is 7. The van der Waals surface area contributed by atoms with Crippen LogP contribution in [0.15, 0.2) is 60.8 Å². The molecule has 5 rings (SSSR count). The molecule has 2 heterocycles. The second-order valence-corrected chi connectivity index (χ2v) is 12.7. The van der Waals surface area contributed by atoms with Crippen molar-refractivity contribution in [3.05, 3.63) is 98.7 Å². The molecule has 1 aliphatic rings.